The van der Waals surface area contributed by atoms with Gasteiger partial charge in [0.15, 0.2) is 0 Å². The molecule has 0 aliphatic carbocycles. The second kappa shape index (κ2) is 6.31. The molecule has 0 aliphatic heterocycles. The fourth-order valence-electron chi connectivity index (χ4n) is 1.22. The molecule has 1 atom stereocenters. The predicted molar refractivity (Wildman–Crippen MR) is 63.3 cm³/mol. The third-order valence-electron chi connectivity index (χ3n) is 2.05. The minimum Gasteiger partial charge on any atom is -0.467 e. The number of esters is 1. The summed E-state index contributed by atoms with van der Waals surface area (Å²) >= 11 is 1.41. The Morgan fingerprint density at radius 1 is 1.65 bits per heavy atom. The van der Waals surface area contributed by atoms with Gasteiger partial charge in [-0.05, 0) is 6.92 Å². The molecule has 0 fully saturated rings. The minimum atomic E-state index is -0.653. The molecule has 1 heterocycles. The molecule has 1 unspecified atom stereocenters. The number of hydrogen-bond acceptors (Lipinski definition) is 6. The summed E-state index contributed by atoms with van der Waals surface area (Å²) in [5, 5.41) is 5.09. The van der Waals surface area contributed by atoms with E-state index in [0.29, 0.717) is 12.2 Å². The lowest BCUT2D eigenvalue weighted by molar-refractivity contribution is -0.144. The third kappa shape index (κ3) is 4.12. The number of nitrogens with one attached hydrogen (secondary N) is 1. The quantitative estimate of drug-likeness (QED) is 0.714. The lowest BCUT2D eigenvalue weighted by Gasteiger charge is -2.10. The van der Waals surface area contributed by atoms with Gasteiger partial charge in [0.05, 0.1) is 19.2 Å². The standard InChI is InChI=1S/C10H15N3O3S/c1-6(10(15)16-2)12-8(14)3-7-5-17-9(4-11)13-7/h5-6H,3-4,11H2,1-2H3,(H,12,14). The molecule has 1 aromatic rings. The second-order valence-corrected chi connectivity index (χ2v) is 4.37. The number of amides is 1. The number of nitrogens with zero attached hydrogens (tertiary/aromatic N) is 1. The van der Waals surface area contributed by atoms with Gasteiger partial charge in [0, 0.05) is 11.9 Å². The fourth-order valence-corrected chi connectivity index (χ4v) is 1.89. The summed E-state index contributed by atoms with van der Waals surface area (Å²) < 4.78 is 4.50. The van der Waals surface area contributed by atoms with Crippen molar-refractivity contribution in [1.29, 1.82) is 0 Å². The topological polar surface area (TPSA) is 94.3 Å². The molecule has 0 saturated heterocycles. The maximum atomic E-state index is 11.6. The monoisotopic (exact) mass is 257 g/mol. The van der Waals surface area contributed by atoms with Gasteiger partial charge in [-0.2, -0.15) is 0 Å². The maximum absolute atomic E-state index is 11.6. The normalized spacial score (nSPS) is 11.9. The number of carbonyl (C=O) groups excluding carboxylic acids is 2. The van der Waals surface area contributed by atoms with Crippen LogP contribution < -0.4 is 11.1 Å². The van der Waals surface area contributed by atoms with Crippen molar-refractivity contribution in [1.82, 2.24) is 10.3 Å². The number of hydrogen-bond donors (Lipinski definition) is 2. The van der Waals surface area contributed by atoms with E-state index in [-0.39, 0.29) is 12.3 Å². The zero-order valence-corrected chi connectivity index (χ0v) is 10.5. The van der Waals surface area contributed by atoms with E-state index in [1.54, 1.807) is 12.3 Å². The Morgan fingerprint density at radius 2 is 2.35 bits per heavy atom. The molecule has 94 valence electrons. The average Bonchev–Trinajstić information content (AvgIpc) is 2.75. The van der Waals surface area contributed by atoms with Gasteiger partial charge in [-0.1, -0.05) is 0 Å². The molecule has 0 aliphatic rings. The first kappa shape index (κ1) is 13.6. The van der Waals surface area contributed by atoms with Gasteiger partial charge >= 0.3 is 5.97 Å². The van der Waals surface area contributed by atoms with Crippen LogP contribution in [-0.4, -0.2) is 30.0 Å². The number of rotatable bonds is 5. The first-order valence-corrected chi connectivity index (χ1v) is 5.95. The fraction of sp³-hybridized carbons (Fsp3) is 0.500. The molecule has 1 aromatic heterocycles. The van der Waals surface area contributed by atoms with Crippen LogP contribution in [0.1, 0.15) is 17.6 Å². The van der Waals surface area contributed by atoms with Crippen molar-refractivity contribution in [2.24, 2.45) is 5.73 Å². The average molecular weight is 257 g/mol. The molecule has 0 aromatic carbocycles. The highest BCUT2D eigenvalue weighted by molar-refractivity contribution is 7.09. The van der Waals surface area contributed by atoms with E-state index in [4.69, 9.17) is 5.73 Å². The Morgan fingerprint density at radius 3 is 2.88 bits per heavy atom. The molecule has 1 rings (SSSR count). The summed E-state index contributed by atoms with van der Waals surface area (Å²) in [7, 11) is 1.28. The number of aromatic nitrogens is 1. The number of thiazole rings is 1. The molecule has 0 bridgehead atoms. The van der Waals surface area contributed by atoms with Gasteiger partial charge in [0.25, 0.3) is 0 Å². The van der Waals surface area contributed by atoms with Crippen LogP contribution in [0, 0.1) is 0 Å². The number of nitrogens with two attached hydrogens (primary N) is 1. The highest BCUT2D eigenvalue weighted by atomic mass is 32.1. The van der Waals surface area contributed by atoms with E-state index in [0.717, 1.165) is 5.01 Å². The summed E-state index contributed by atoms with van der Waals surface area (Å²) in [5.41, 5.74) is 6.08. The summed E-state index contributed by atoms with van der Waals surface area (Å²) in [5.74, 6) is -0.740. The van der Waals surface area contributed by atoms with Crippen molar-refractivity contribution in [2.75, 3.05) is 7.11 Å². The van der Waals surface area contributed by atoms with Crippen LogP contribution >= 0.6 is 11.3 Å². The smallest absolute Gasteiger partial charge is 0.328 e. The van der Waals surface area contributed by atoms with Gasteiger partial charge in [-0.3, -0.25) is 4.79 Å². The molecule has 3 N–H and O–H groups in total. The number of carbonyl (C=O) groups is 2. The molecule has 0 spiro atoms. The lowest BCUT2D eigenvalue weighted by Crippen LogP contribution is -2.39. The minimum absolute atomic E-state index is 0.137. The van der Waals surface area contributed by atoms with E-state index in [1.807, 2.05) is 0 Å². The maximum Gasteiger partial charge on any atom is 0.328 e. The third-order valence-corrected chi connectivity index (χ3v) is 2.97. The van der Waals surface area contributed by atoms with E-state index in [1.165, 1.54) is 18.4 Å². The summed E-state index contributed by atoms with van der Waals surface area (Å²) in [6.07, 6.45) is 0.137. The summed E-state index contributed by atoms with van der Waals surface area (Å²) in [6, 6.07) is -0.653. The highest BCUT2D eigenvalue weighted by Gasteiger charge is 2.16. The van der Waals surface area contributed by atoms with Crippen LogP contribution in [-0.2, 0) is 27.3 Å². The van der Waals surface area contributed by atoms with Gasteiger partial charge < -0.3 is 15.8 Å². The first-order chi connectivity index (χ1) is 8.06. The van der Waals surface area contributed by atoms with E-state index in [9.17, 15) is 9.59 Å². The van der Waals surface area contributed by atoms with Crippen LogP contribution in [0.4, 0.5) is 0 Å². The molecular formula is C10H15N3O3S. The van der Waals surface area contributed by atoms with Gasteiger partial charge in [-0.15, -0.1) is 11.3 Å². The number of methoxy groups -OCH3 is 1. The van der Waals surface area contributed by atoms with Crippen LogP contribution in [0.5, 0.6) is 0 Å². The summed E-state index contributed by atoms with van der Waals surface area (Å²) in [4.78, 5) is 26.8. The Hall–Kier alpha value is -1.47. The second-order valence-electron chi connectivity index (χ2n) is 3.43. The van der Waals surface area contributed by atoms with Gasteiger partial charge in [0.1, 0.15) is 11.0 Å². The molecule has 0 radical (unpaired) electrons. The number of ether oxygens (including phenoxy) is 1. The van der Waals surface area contributed by atoms with Crippen molar-refractivity contribution < 1.29 is 14.3 Å². The van der Waals surface area contributed by atoms with Crippen LogP contribution in [0.3, 0.4) is 0 Å². The van der Waals surface area contributed by atoms with Crippen molar-refractivity contribution in [3.63, 3.8) is 0 Å². The Labute approximate surface area is 103 Å². The molecule has 6 nitrogen and oxygen atoms in total. The zero-order chi connectivity index (χ0) is 12.8. The molecule has 17 heavy (non-hydrogen) atoms. The molecule has 0 saturated carbocycles. The molecular weight excluding hydrogens is 242 g/mol. The van der Waals surface area contributed by atoms with Crippen molar-refractivity contribution >= 4 is 23.2 Å². The largest absolute Gasteiger partial charge is 0.467 e. The van der Waals surface area contributed by atoms with Gasteiger partial charge in [0.2, 0.25) is 5.91 Å². The molecule has 1 amide bonds. The van der Waals surface area contributed by atoms with Crippen LogP contribution in [0.25, 0.3) is 0 Å². The van der Waals surface area contributed by atoms with Crippen molar-refractivity contribution in [3.8, 4) is 0 Å². The molecule has 7 heteroatoms. The highest BCUT2D eigenvalue weighted by Crippen LogP contribution is 2.09. The van der Waals surface area contributed by atoms with Crippen LogP contribution in [0.15, 0.2) is 5.38 Å². The Kier molecular flexibility index (Phi) is 5.05. The van der Waals surface area contributed by atoms with Crippen LogP contribution in [0.2, 0.25) is 0 Å². The van der Waals surface area contributed by atoms with Crippen molar-refractivity contribution in [3.05, 3.63) is 16.1 Å². The SMILES string of the molecule is COC(=O)C(C)NC(=O)Cc1csc(CN)n1. The van der Waals surface area contributed by atoms with E-state index in [2.05, 4.69) is 15.0 Å². The summed E-state index contributed by atoms with van der Waals surface area (Å²) in [6.45, 7) is 1.93. The lowest BCUT2D eigenvalue weighted by atomic mass is 10.3. The van der Waals surface area contributed by atoms with E-state index >= 15 is 0 Å². The first-order valence-electron chi connectivity index (χ1n) is 5.07. The Bertz CT molecular complexity index is 405. The van der Waals surface area contributed by atoms with Gasteiger partial charge in [-0.25, -0.2) is 9.78 Å². The Balaban J connectivity index is 2.46. The van der Waals surface area contributed by atoms with E-state index < -0.39 is 12.0 Å². The van der Waals surface area contributed by atoms with Crippen molar-refractivity contribution in [2.45, 2.75) is 25.9 Å². The predicted octanol–water partition coefficient (Wildman–Crippen LogP) is -0.178. The zero-order valence-electron chi connectivity index (χ0n) is 9.73.